The molecule has 0 heterocycles. The zero-order valence-electron chi connectivity index (χ0n) is 16.5. The molecule has 148 valence electrons. The first kappa shape index (κ1) is 19.3. The summed E-state index contributed by atoms with van der Waals surface area (Å²) >= 11 is 0. The van der Waals surface area contributed by atoms with Gasteiger partial charge < -0.3 is 5.32 Å². The van der Waals surface area contributed by atoms with Crippen LogP contribution in [0.3, 0.4) is 0 Å². The predicted molar refractivity (Wildman–Crippen MR) is 112 cm³/mol. The number of Topliss-reactive ketones (excluding diaryl/α,β-unsaturated/α-hetero) is 1. The van der Waals surface area contributed by atoms with E-state index in [9.17, 15) is 14.0 Å². The van der Waals surface area contributed by atoms with Gasteiger partial charge in [-0.2, -0.15) is 0 Å². The lowest BCUT2D eigenvalue weighted by atomic mass is 9.81. The number of fused-ring (bicyclic) bond motifs is 2. The van der Waals surface area contributed by atoms with Crippen LogP contribution in [0.25, 0.3) is 10.8 Å². The van der Waals surface area contributed by atoms with Gasteiger partial charge in [0.25, 0.3) is 0 Å². The van der Waals surface area contributed by atoms with Crippen molar-refractivity contribution in [3.63, 3.8) is 0 Å². The third kappa shape index (κ3) is 4.07. The number of carbonyl (C=O) groups is 2. The molecule has 29 heavy (non-hydrogen) atoms. The van der Waals surface area contributed by atoms with E-state index in [0.717, 1.165) is 28.5 Å². The van der Waals surface area contributed by atoms with Crippen LogP contribution in [0.5, 0.6) is 0 Å². The van der Waals surface area contributed by atoms with Gasteiger partial charge >= 0.3 is 0 Å². The number of nitrogens with one attached hydrogen (secondary N) is 1. The van der Waals surface area contributed by atoms with Gasteiger partial charge in [-0.05, 0) is 48.3 Å². The van der Waals surface area contributed by atoms with Crippen LogP contribution in [0.1, 0.15) is 53.7 Å². The Kier molecular flexibility index (Phi) is 5.43. The third-order valence-corrected chi connectivity index (χ3v) is 5.83. The van der Waals surface area contributed by atoms with Gasteiger partial charge in [0.05, 0.1) is 6.04 Å². The molecule has 3 aromatic rings. The number of hydrogen-bond acceptors (Lipinski definition) is 2. The van der Waals surface area contributed by atoms with E-state index in [1.54, 1.807) is 12.1 Å². The van der Waals surface area contributed by atoms with E-state index in [1.165, 1.54) is 6.07 Å². The number of rotatable bonds is 5. The fraction of sp³-hybridized carbons (Fsp3) is 0.280. The van der Waals surface area contributed by atoms with Crippen molar-refractivity contribution in [1.29, 1.82) is 0 Å². The summed E-state index contributed by atoms with van der Waals surface area (Å²) in [6.45, 7) is 1.91. The fourth-order valence-electron chi connectivity index (χ4n) is 4.32. The number of halogens is 1. The summed E-state index contributed by atoms with van der Waals surface area (Å²) < 4.78 is 14.0. The second-order valence-electron chi connectivity index (χ2n) is 7.86. The van der Waals surface area contributed by atoms with Crippen LogP contribution in [-0.4, -0.2) is 11.7 Å². The number of hydrogen-bond donors (Lipinski definition) is 1. The van der Waals surface area contributed by atoms with E-state index in [1.807, 2.05) is 49.4 Å². The maximum atomic E-state index is 14.0. The smallest absolute Gasteiger partial charge is 0.220 e. The molecule has 0 saturated carbocycles. The predicted octanol–water partition coefficient (Wildman–Crippen LogP) is 5.38. The van der Waals surface area contributed by atoms with Crippen LogP contribution in [0.2, 0.25) is 0 Å². The molecule has 3 aromatic carbocycles. The molecular formula is C25H24FNO2. The summed E-state index contributed by atoms with van der Waals surface area (Å²) in [7, 11) is 0. The van der Waals surface area contributed by atoms with Gasteiger partial charge in [-0.15, -0.1) is 0 Å². The number of amides is 1. The van der Waals surface area contributed by atoms with Crippen molar-refractivity contribution in [2.45, 2.75) is 38.6 Å². The van der Waals surface area contributed by atoms with Crippen molar-refractivity contribution in [1.82, 2.24) is 5.32 Å². The Bertz CT molecular complexity index is 1080. The van der Waals surface area contributed by atoms with Gasteiger partial charge in [0.1, 0.15) is 5.82 Å². The largest absolute Gasteiger partial charge is 0.350 e. The number of ketones is 1. The van der Waals surface area contributed by atoms with Gasteiger partial charge in [-0.1, -0.05) is 54.6 Å². The first-order chi connectivity index (χ1) is 14.0. The van der Waals surface area contributed by atoms with Crippen molar-refractivity contribution in [3.05, 3.63) is 83.2 Å². The molecule has 4 rings (SSSR count). The minimum absolute atomic E-state index is 0.0442. The lowest BCUT2D eigenvalue weighted by Gasteiger charge is -2.23. The fourth-order valence-corrected chi connectivity index (χ4v) is 4.32. The molecule has 0 radical (unpaired) electrons. The standard InChI is InChI=1S/C25H24FNO2/c1-16(19-11-12-23(26)22-9-5-4-8-21(19)22)27-25(29)13-10-17-14-18-6-2-3-7-20(18)24(28)15-17/h2-9,11-12,16-17H,10,13-15H2,1H3,(H,27,29)/t16-,17?/m1/s1. The highest BCUT2D eigenvalue weighted by molar-refractivity contribution is 5.98. The molecule has 1 aliphatic rings. The van der Waals surface area contributed by atoms with Crippen LogP contribution in [0, 0.1) is 11.7 Å². The van der Waals surface area contributed by atoms with Crippen molar-refractivity contribution in [2.24, 2.45) is 5.92 Å². The lowest BCUT2D eigenvalue weighted by Crippen LogP contribution is -2.28. The Morgan fingerprint density at radius 1 is 1.03 bits per heavy atom. The Morgan fingerprint density at radius 3 is 2.59 bits per heavy atom. The highest BCUT2D eigenvalue weighted by atomic mass is 19.1. The van der Waals surface area contributed by atoms with Crippen LogP contribution < -0.4 is 5.32 Å². The molecule has 1 N–H and O–H groups in total. The van der Waals surface area contributed by atoms with Gasteiger partial charge in [0.2, 0.25) is 5.91 Å². The normalized spacial score (nSPS) is 17.0. The van der Waals surface area contributed by atoms with E-state index in [4.69, 9.17) is 0 Å². The van der Waals surface area contributed by atoms with E-state index in [-0.39, 0.29) is 29.5 Å². The highest BCUT2D eigenvalue weighted by Crippen LogP contribution is 2.29. The zero-order valence-corrected chi connectivity index (χ0v) is 16.5. The molecule has 0 bridgehead atoms. The third-order valence-electron chi connectivity index (χ3n) is 5.83. The molecule has 3 nitrogen and oxygen atoms in total. The average Bonchev–Trinajstić information content (AvgIpc) is 2.73. The van der Waals surface area contributed by atoms with Crippen molar-refractivity contribution < 1.29 is 14.0 Å². The average molecular weight is 389 g/mol. The molecule has 2 atom stereocenters. The topological polar surface area (TPSA) is 46.2 Å². The molecule has 0 fully saturated rings. The van der Waals surface area contributed by atoms with Gasteiger partial charge in [0.15, 0.2) is 5.78 Å². The van der Waals surface area contributed by atoms with Crippen LogP contribution in [-0.2, 0) is 11.2 Å². The van der Waals surface area contributed by atoms with E-state index in [2.05, 4.69) is 5.32 Å². The Hall–Kier alpha value is -3.01. The molecule has 1 aliphatic carbocycles. The van der Waals surface area contributed by atoms with Crippen LogP contribution >= 0.6 is 0 Å². The monoisotopic (exact) mass is 389 g/mol. The Morgan fingerprint density at radius 2 is 1.76 bits per heavy atom. The van der Waals surface area contributed by atoms with E-state index >= 15 is 0 Å². The first-order valence-electron chi connectivity index (χ1n) is 10.1. The van der Waals surface area contributed by atoms with Gasteiger partial charge in [-0.3, -0.25) is 9.59 Å². The van der Waals surface area contributed by atoms with Crippen molar-refractivity contribution in [2.75, 3.05) is 0 Å². The first-order valence-corrected chi connectivity index (χ1v) is 10.1. The maximum Gasteiger partial charge on any atom is 0.220 e. The van der Waals surface area contributed by atoms with Crippen LogP contribution in [0.15, 0.2) is 60.7 Å². The summed E-state index contributed by atoms with van der Waals surface area (Å²) in [5.41, 5.74) is 2.81. The van der Waals surface area contributed by atoms with Gasteiger partial charge in [-0.25, -0.2) is 4.39 Å². The molecule has 1 amide bonds. The summed E-state index contributed by atoms with van der Waals surface area (Å²) in [5.74, 6) is 0.0656. The summed E-state index contributed by atoms with van der Waals surface area (Å²) in [5, 5.41) is 4.41. The SMILES string of the molecule is C[C@@H](NC(=O)CCC1CC(=O)c2ccccc2C1)c1ccc(F)c2ccccc12. The Labute approximate surface area is 169 Å². The number of benzene rings is 3. The zero-order chi connectivity index (χ0) is 20.4. The van der Waals surface area contributed by atoms with Crippen LogP contribution in [0.4, 0.5) is 4.39 Å². The molecular weight excluding hydrogens is 365 g/mol. The molecule has 1 unspecified atom stereocenters. The second-order valence-corrected chi connectivity index (χ2v) is 7.86. The molecule has 4 heteroatoms. The minimum Gasteiger partial charge on any atom is -0.350 e. The van der Waals surface area contributed by atoms with E-state index < -0.39 is 0 Å². The molecule has 0 saturated heterocycles. The van der Waals surface area contributed by atoms with Gasteiger partial charge in [0, 0.05) is 23.8 Å². The minimum atomic E-state index is -0.259. The summed E-state index contributed by atoms with van der Waals surface area (Å²) in [6, 6.07) is 18.0. The Balaban J connectivity index is 1.38. The quantitative estimate of drug-likeness (QED) is 0.637. The van der Waals surface area contributed by atoms with E-state index in [0.29, 0.717) is 24.6 Å². The molecule has 0 aromatic heterocycles. The molecule has 0 aliphatic heterocycles. The highest BCUT2D eigenvalue weighted by Gasteiger charge is 2.25. The summed E-state index contributed by atoms with van der Waals surface area (Å²) in [4.78, 5) is 24.9. The number of carbonyl (C=O) groups excluding carboxylic acids is 2. The lowest BCUT2D eigenvalue weighted by molar-refractivity contribution is -0.122. The molecule has 0 spiro atoms. The van der Waals surface area contributed by atoms with Crippen molar-refractivity contribution in [3.8, 4) is 0 Å². The summed E-state index contributed by atoms with van der Waals surface area (Å²) in [6.07, 6.45) is 2.40. The second kappa shape index (κ2) is 8.16. The van der Waals surface area contributed by atoms with Crippen molar-refractivity contribution >= 4 is 22.5 Å². The maximum absolute atomic E-state index is 14.0.